The van der Waals surface area contributed by atoms with Crippen LogP contribution in [0.5, 0.6) is 0 Å². The molecule has 1 unspecified atom stereocenters. The van der Waals surface area contributed by atoms with Crippen LogP contribution in [0.25, 0.3) is 11.3 Å². The van der Waals surface area contributed by atoms with Gasteiger partial charge in [-0.3, -0.25) is 9.89 Å². The first-order chi connectivity index (χ1) is 9.69. The van der Waals surface area contributed by atoms with Crippen molar-refractivity contribution in [1.82, 2.24) is 15.5 Å². The Kier molecular flexibility index (Phi) is 3.09. The number of nitriles is 1. The van der Waals surface area contributed by atoms with Crippen LogP contribution >= 0.6 is 0 Å². The van der Waals surface area contributed by atoms with Crippen LogP contribution in [0.2, 0.25) is 0 Å². The molecule has 1 aromatic heterocycles. The van der Waals surface area contributed by atoms with Gasteiger partial charge in [0.05, 0.1) is 23.4 Å². The van der Waals surface area contributed by atoms with Crippen molar-refractivity contribution in [2.24, 2.45) is 0 Å². The molecule has 3 rings (SSSR count). The maximum absolute atomic E-state index is 11.4. The molecule has 0 fully saturated rings. The fraction of sp³-hybridized carbons (Fsp3) is 0.267. The quantitative estimate of drug-likeness (QED) is 0.864. The number of rotatable bonds is 2. The summed E-state index contributed by atoms with van der Waals surface area (Å²) < 4.78 is 0. The minimum Gasteiger partial charge on any atom is -0.303 e. The van der Waals surface area contributed by atoms with E-state index in [9.17, 15) is 4.79 Å². The SMILES string of the molecule is CC(=O)C1Cc2[nH]nc(-c3cccc(C#N)c3)c2CN1. The van der Waals surface area contributed by atoms with Crippen LogP contribution in [0.4, 0.5) is 0 Å². The van der Waals surface area contributed by atoms with E-state index in [4.69, 9.17) is 5.26 Å². The van der Waals surface area contributed by atoms with E-state index in [-0.39, 0.29) is 11.8 Å². The van der Waals surface area contributed by atoms with Crippen LogP contribution in [0.1, 0.15) is 23.7 Å². The third-order valence-corrected chi connectivity index (χ3v) is 3.64. The van der Waals surface area contributed by atoms with Gasteiger partial charge in [-0.2, -0.15) is 10.4 Å². The molecule has 20 heavy (non-hydrogen) atoms. The summed E-state index contributed by atoms with van der Waals surface area (Å²) in [6.07, 6.45) is 0.635. The van der Waals surface area contributed by atoms with Gasteiger partial charge in [0, 0.05) is 29.8 Å². The molecule has 2 aromatic rings. The number of ketones is 1. The average Bonchev–Trinajstić information content (AvgIpc) is 2.90. The van der Waals surface area contributed by atoms with E-state index in [0.29, 0.717) is 18.5 Å². The zero-order chi connectivity index (χ0) is 14.1. The molecule has 0 bridgehead atoms. The molecule has 5 nitrogen and oxygen atoms in total. The predicted molar refractivity (Wildman–Crippen MR) is 73.8 cm³/mol. The average molecular weight is 266 g/mol. The first-order valence-electron chi connectivity index (χ1n) is 6.49. The van der Waals surface area contributed by atoms with Gasteiger partial charge in [-0.05, 0) is 19.1 Å². The lowest BCUT2D eigenvalue weighted by atomic mass is 9.96. The number of hydrogen-bond acceptors (Lipinski definition) is 4. The molecular formula is C15H14N4O. The van der Waals surface area contributed by atoms with Gasteiger partial charge in [-0.1, -0.05) is 12.1 Å². The minimum atomic E-state index is -0.138. The summed E-state index contributed by atoms with van der Waals surface area (Å²) in [4.78, 5) is 11.4. The fourth-order valence-corrected chi connectivity index (χ4v) is 2.52. The van der Waals surface area contributed by atoms with E-state index in [1.807, 2.05) is 18.2 Å². The van der Waals surface area contributed by atoms with Crippen molar-refractivity contribution in [2.75, 3.05) is 0 Å². The number of carbonyl (C=O) groups is 1. The Hall–Kier alpha value is -2.45. The van der Waals surface area contributed by atoms with E-state index >= 15 is 0 Å². The summed E-state index contributed by atoms with van der Waals surface area (Å²) in [7, 11) is 0. The molecule has 0 spiro atoms. The number of Topliss-reactive ketones (excluding diaryl/α,β-unsaturated/α-hetero) is 1. The summed E-state index contributed by atoms with van der Waals surface area (Å²) in [5.74, 6) is 0.137. The Morgan fingerprint density at radius 2 is 2.35 bits per heavy atom. The summed E-state index contributed by atoms with van der Waals surface area (Å²) in [6.45, 7) is 2.21. The maximum Gasteiger partial charge on any atom is 0.147 e. The number of aromatic nitrogens is 2. The highest BCUT2D eigenvalue weighted by molar-refractivity contribution is 5.82. The fourth-order valence-electron chi connectivity index (χ4n) is 2.52. The lowest BCUT2D eigenvalue weighted by Gasteiger charge is -2.21. The summed E-state index contributed by atoms with van der Waals surface area (Å²) in [5.41, 5.74) is 4.47. The molecule has 0 amide bonds. The summed E-state index contributed by atoms with van der Waals surface area (Å²) >= 11 is 0. The van der Waals surface area contributed by atoms with Crippen molar-refractivity contribution in [1.29, 1.82) is 5.26 Å². The van der Waals surface area contributed by atoms with E-state index in [0.717, 1.165) is 22.5 Å². The second-order valence-electron chi connectivity index (χ2n) is 4.97. The Balaban J connectivity index is 1.98. The zero-order valence-corrected chi connectivity index (χ0v) is 11.1. The monoisotopic (exact) mass is 266 g/mol. The van der Waals surface area contributed by atoms with Gasteiger partial charge in [0.15, 0.2) is 0 Å². The van der Waals surface area contributed by atoms with E-state index in [2.05, 4.69) is 21.6 Å². The first-order valence-corrected chi connectivity index (χ1v) is 6.49. The standard InChI is InChI=1S/C15H14N4O/c1-9(20)13-6-14-12(8-17-13)15(19-18-14)11-4-2-3-10(5-11)7-16/h2-5,13,17H,6,8H2,1H3,(H,18,19). The van der Waals surface area contributed by atoms with Crippen LogP contribution in [0.15, 0.2) is 24.3 Å². The van der Waals surface area contributed by atoms with Crippen molar-refractivity contribution in [3.8, 4) is 17.3 Å². The molecule has 5 heteroatoms. The van der Waals surface area contributed by atoms with Crippen LogP contribution in [-0.2, 0) is 17.8 Å². The minimum absolute atomic E-state index is 0.137. The second kappa shape index (κ2) is 4.91. The van der Waals surface area contributed by atoms with Gasteiger partial charge in [-0.15, -0.1) is 0 Å². The van der Waals surface area contributed by atoms with Gasteiger partial charge in [0.25, 0.3) is 0 Å². The topological polar surface area (TPSA) is 81.6 Å². The Morgan fingerprint density at radius 1 is 1.50 bits per heavy atom. The number of benzene rings is 1. The lowest BCUT2D eigenvalue weighted by Crippen LogP contribution is -2.40. The smallest absolute Gasteiger partial charge is 0.147 e. The van der Waals surface area contributed by atoms with Gasteiger partial charge >= 0.3 is 0 Å². The molecule has 0 saturated carbocycles. The second-order valence-corrected chi connectivity index (χ2v) is 4.97. The highest BCUT2D eigenvalue weighted by Gasteiger charge is 2.25. The number of aromatic amines is 1. The van der Waals surface area contributed by atoms with Gasteiger partial charge in [-0.25, -0.2) is 0 Å². The number of fused-ring (bicyclic) bond motifs is 1. The molecule has 1 aliphatic rings. The van der Waals surface area contributed by atoms with Crippen LogP contribution in [-0.4, -0.2) is 22.0 Å². The van der Waals surface area contributed by atoms with Crippen LogP contribution < -0.4 is 5.32 Å². The number of H-pyrrole nitrogens is 1. The summed E-state index contributed by atoms with van der Waals surface area (Å²) in [6, 6.07) is 9.38. The third kappa shape index (κ3) is 2.10. The number of nitrogens with one attached hydrogen (secondary N) is 2. The van der Waals surface area contributed by atoms with Gasteiger partial charge in [0.1, 0.15) is 5.78 Å². The largest absolute Gasteiger partial charge is 0.303 e. The van der Waals surface area contributed by atoms with E-state index in [1.54, 1.807) is 13.0 Å². The number of hydrogen-bond donors (Lipinski definition) is 2. The highest BCUT2D eigenvalue weighted by atomic mass is 16.1. The molecule has 1 atom stereocenters. The molecule has 100 valence electrons. The molecule has 2 N–H and O–H groups in total. The predicted octanol–water partition coefficient (Wildman–Crippen LogP) is 1.55. The Labute approximate surface area is 116 Å². The molecule has 0 saturated heterocycles. The van der Waals surface area contributed by atoms with Crippen molar-refractivity contribution in [2.45, 2.75) is 25.9 Å². The summed E-state index contributed by atoms with van der Waals surface area (Å²) in [5, 5.41) is 19.6. The van der Waals surface area contributed by atoms with Crippen molar-refractivity contribution >= 4 is 5.78 Å². The molecular weight excluding hydrogens is 252 g/mol. The normalized spacial score (nSPS) is 17.3. The van der Waals surface area contributed by atoms with E-state index < -0.39 is 0 Å². The van der Waals surface area contributed by atoms with Gasteiger partial charge < -0.3 is 5.32 Å². The Bertz CT molecular complexity index is 711. The molecule has 2 heterocycles. The van der Waals surface area contributed by atoms with Crippen LogP contribution in [0.3, 0.4) is 0 Å². The lowest BCUT2D eigenvalue weighted by molar-refractivity contribution is -0.119. The number of carbonyl (C=O) groups excluding carboxylic acids is 1. The number of nitrogens with zero attached hydrogens (tertiary/aromatic N) is 2. The first kappa shape index (κ1) is 12.6. The molecule has 0 radical (unpaired) electrons. The van der Waals surface area contributed by atoms with E-state index in [1.165, 1.54) is 0 Å². The molecule has 1 aliphatic heterocycles. The van der Waals surface area contributed by atoms with Crippen molar-refractivity contribution in [3.63, 3.8) is 0 Å². The Morgan fingerprint density at radius 3 is 3.10 bits per heavy atom. The van der Waals surface area contributed by atoms with Crippen LogP contribution in [0, 0.1) is 11.3 Å². The molecule has 0 aliphatic carbocycles. The third-order valence-electron chi connectivity index (χ3n) is 3.64. The van der Waals surface area contributed by atoms with Gasteiger partial charge in [0.2, 0.25) is 0 Å². The maximum atomic E-state index is 11.4. The zero-order valence-electron chi connectivity index (χ0n) is 11.1. The van der Waals surface area contributed by atoms with Crippen molar-refractivity contribution in [3.05, 3.63) is 41.1 Å². The van der Waals surface area contributed by atoms with Crippen molar-refractivity contribution < 1.29 is 4.79 Å². The highest BCUT2D eigenvalue weighted by Crippen LogP contribution is 2.27. The molecule has 1 aromatic carbocycles.